The van der Waals surface area contributed by atoms with Crippen LogP contribution in [0.2, 0.25) is 0 Å². The number of benzene rings is 3. The van der Waals surface area contributed by atoms with Gasteiger partial charge in [0.05, 0.1) is 29.3 Å². The average molecular weight is 545 g/mol. The van der Waals surface area contributed by atoms with Crippen molar-refractivity contribution in [3.05, 3.63) is 129 Å². The number of hydrogen-bond acceptors (Lipinski definition) is 5. The van der Waals surface area contributed by atoms with E-state index < -0.39 is 33.5 Å². The second-order valence-electron chi connectivity index (χ2n) is 9.56. The van der Waals surface area contributed by atoms with Crippen molar-refractivity contribution in [3.63, 3.8) is 0 Å². The number of rotatable bonds is 6. The Kier molecular flexibility index (Phi) is 6.36. The summed E-state index contributed by atoms with van der Waals surface area (Å²) < 4.78 is 39.6. The molecule has 3 aromatic carbocycles. The third kappa shape index (κ3) is 4.16. The van der Waals surface area contributed by atoms with Gasteiger partial charge in [-0.25, -0.2) is 31.9 Å². The summed E-state index contributed by atoms with van der Waals surface area (Å²) in [6, 6.07) is 25.4. The van der Waals surface area contributed by atoms with E-state index in [0.717, 1.165) is 10.1 Å². The Morgan fingerprint density at radius 2 is 1.41 bits per heavy atom. The number of piperidine rings is 1. The molecule has 1 saturated heterocycles. The third-order valence-corrected chi connectivity index (χ3v) is 9.26. The number of fused-ring (bicyclic) bond motifs is 3. The van der Waals surface area contributed by atoms with Gasteiger partial charge in [0.2, 0.25) is 10.0 Å². The maximum atomic E-state index is 14.0. The summed E-state index contributed by atoms with van der Waals surface area (Å²) in [5.41, 5.74) is 1.05. The van der Waals surface area contributed by atoms with Gasteiger partial charge in [-0.2, -0.15) is 4.31 Å². The molecule has 4 aromatic rings. The average Bonchev–Trinajstić information content (AvgIpc) is 3.23. The fourth-order valence-corrected chi connectivity index (χ4v) is 7.25. The molecule has 0 radical (unpaired) electrons. The molecule has 0 N–H and O–H groups in total. The molecule has 0 bridgehead atoms. The van der Waals surface area contributed by atoms with E-state index in [0.29, 0.717) is 23.6 Å². The van der Waals surface area contributed by atoms with Crippen LogP contribution in [0.25, 0.3) is 5.69 Å². The van der Waals surface area contributed by atoms with Gasteiger partial charge in [-0.3, -0.25) is 0 Å². The standard InChI is InChI=1S/C29H28N4O5S/c1-2-38-27-20-30-28(34)32(22-14-8-4-9-15-22)29(35)33(30)26-18-25(21-12-6-3-7-13-21)31(19-24(26)27)39(36,37)23-16-10-5-11-17-23/h3-17,25-26H,2,18-20H2,1H3/t25-,26+/m0/s1. The molecule has 0 unspecified atom stereocenters. The first-order valence-corrected chi connectivity index (χ1v) is 14.3. The highest BCUT2D eigenvalue weighted by molar-refractivity contribution is 7.89. The minimum absolute atomic E-state index is 0.0357. The van der Waals surface area contributed by atoms with E-state index in [2.05, 4.69) is 0 Å². The molecule has 0 amide bonds. The SMILES string of the molecule is CCOC1=C2CN(S(=O)(=O)c3ccccc3)[C@H](c3ccccc3)C[C@H]2n2c(=O)n(-c3ccccc3)c(=O)n2C1. The van der Waals surface area contributed by atoms with Crippen LogP contribution in [0, 0.1) is 0 Å². The third-order valence-electron chi connectivity index (χ3n) is 7.40. The first kappa shape index (κ1) is 25.1. The van der Waals surface area contributed by atoms with Crippen molar-refractivity contribution < 1.29 is 13.2 Å². The van der Waals surface area contributed by atoms with Gasteiger partial charge in [0.25, 0.3) is 0 Å². The number of nitrogens with zero attached hydrogens (tertiary/aromatic N) is 4. The number of ether oxygens (including phenoxy) is 1. The lowest BCUT2D eigenvalue weighted by Gasteiger charge is -2.43. The van der Waals surface area contributed by atoms with Gasteiger partial charge in [-0.05, 0) is 43.2 Å². The van der Waals surface area contributed by atoms with Crippen LogP contribution in [0.1, 0.15) is 31.0 Å². The second-order valence-corrected chi connectivity index (χ2v) is 11.5. The Morgan fingerprint density at radius 3 is 2.05 bits per heavy atom. The Balaban J connectivity index is 1.54. The van der Waals surface area contributed by atoms with E-state index in [1.807, 2.05) is 43.3 Å². The zero-order chi connectivity index (χ0) is 27.1. The summed E-state index contributed by atoms with van der Waals surface area (Å²) in [6.45, 7) is 2.27. The molecule has 0 aliphatic carbocycles. The molecular weight excluding hydrogens is 516 g/mol. The Hall–Kier alpha value is -4.15. The van der Waals surface area contributed by atoms with Crippen LogP contribution < -0.4 is 11.4 Å². The smallest absolute Gasteiger partial charge is 0.352 e. The van der Waals surface area contributed by atoms with Crippen LogP contribution in [-0.2, 0) is 21.3 Å². The van der Waals surface area contributed by atoms with E-state index in [9.17, 15) is 18.0 Å². The van der Waals surface area contributed by atoms with Crippen molar-refractivity contribution in [2.24, 2.45) is 0 Å². The molecule has 10 heteroatoms. The van der Waals surface area contributed by atoms with Crippen LogP contribution in [0.15, 0.2) is 117 Å². The zero-order valence-electron chi connectivity index (χ0n) is 21.4. The van der Waals surface area contributed by atoms with Crippen LogP contribution in [0.4, 0.5) is 0 Å². The Bertz CT molecular complexity index is 1760. The van der Waals surface area contributed by atoms with Crippen LogP contribution in [0.5, 0.6) is 0 Å². The highest BCUT2D eigenvalue weighted by atomic mass is 32.2. The lowest BCUT2D eigenvalue weighted by atomic mass is 9.89. The molecule has 3 heterocycles. The zero-order valence-corrected chi connectivity index (χ0v) is 22.2. The van der Waals surface area contributed by atoms with E-state index in [1.165, 1.54) is 13.7 Å². The van der Waals surface area contributed by atoms with E-state index in [-0.39, 0.29) is 24.4 Å². The van der Waals surface area contributed by atoms with E-state index in [4.69, 9.17) is 4.74 Å². The quantitative estimate of drug-likeness (QED) is 0.370. The number of sulfonamides is 1. The molecule has 2 atom stereocenters. The maximum Gasteiger partial charge on any atom is 0.352 e. The Morgan fingerprint density at radius 1 is 0.795 bits per heavy atom. The molecule has 1 fully saturated rings. The summed E-state index contributed by atoms with van der Waals surface area (Å²) in [7, 11) is -3.90. The van der Waals surface area contributed by atoms with Gasteiger partial charge in [0, 0.05) is 12.1 Å². The van der Waals surface area contributed by atoms with Crippen molar-refractivity contribution in [3.8, 4) is 5.69 Å². The normalized spacial score (nSPS) is 19.4. The number of aromatic nitrogens is 3. The minimum atomic E-state index is -3.90. The van der Waals surface area contributed by atoms with Crippen molar-refractivity contribution in [1.29, 1.82) is 0 Å². The van der Waals surface area contributed by atoms with Crippen molar-refractivity contribution in [2.45, 2.75) is 36.9 Å². The first-order valence-electron chi connectivity index (χ1n) is 12.9. The van der Waals surface area contributed by atoms with Crippen LogP contribution in [0.3, 0.4) is 0 Å². The molecule has 2 aliphatic rings. The molecule has 0 saturated carbocycles. The summed E-state index contributed by atoms with van der Waals surface area (Å²) in [5, 5.41) is 0. The van der Waals surface area contributed by atoms with Crippen LogP contribution >= 0.6 is 0 Å². The molecule has 1 aromatic heterocycles. The number of hydrogen-bond donors (Lipinski definition) is 0. The molecule has 2 aliphatic heterocycles. The molecular formula is C29H28N4O5S. The summed E-state index contributed by atoms with van der Waals surface area (Å²) in [5.74, 6) is 0.523. The molecule has 200 valence electrons. The molecule has 39 heavy (non-hydrogen) atoms. The lowest BCUT2D eigenvalue weighted by molar-refractivity contribution is 0.148. The summed E-state index contributed by atoms with van der Waals surface area (Å²) in [4.78, 5) is 27.5. The lowest BCUT2D eigenvalue weighted by Crippen LogP contribution is -2.48. The predicted molar refractivity (Wildman–Crippen MR) is 146 cm³/mol. The monoisotopic (exact) mass is 544 g/mol. The van der Waals surface area contributed by atoms with Crippen molar-refractivity contribution >= 4 is 10.0 Å². The molecule has 6 rings (SSSR count). The summed E-state index contributed by atoms with van der Waals surface area (Å²) in [6.07, 6.45) is 0.264. The summed E-state index contributed by atoms with van der Waals surface area (Å²) >= 11 is 0. The van der Waals surface area contributed by atoms with Gasteiger partial charge < -0.3 is 4.74 Å². The van der Waals surface area contributed by atoms with Gasteiger partial charge in [-0.15, -0.1) is 0 Å². The number of para-hydroxylation sites is 1. The minimum Gasteiger partial charge on any atom is -0.496 e. The number of allylic oxidation sites excluding steroid dienone is 1. The largest absolute Gasteiger partial charge is 0.496 e. The molecule has 9 nitrogen and oxygen atoms in total. The van der Waals surface area contributed by atoms with Crippen molar-refractivity contribution in [2.75, 3.05) is 13.2 Å². The highest BCUT2D eigenvalue weighted by Crippen LogP contribution is 2.44. The van der Waals surface area contributed by atoms with Gasteiger partial charge in [-0.1, -0.05) is 66.7 Å². The van der Waals surface area contributed by atoms with Gasteiger partial charge in [0.15, 0.2) is 0 Å². The topological polar surface area (TPSA) is 95.5 Å². The van der Waals surface area contributed by atoms with Gasteiger partial charge in [0.1, 0.15) is 12.3 Å². The highest BCUT2D eigenvalue weighted by Gasteiger charge is 2.45. The fraction of sp³-hybridized carbons (Fsp3) is 0.241. The molecule has 0 spiro atoms. The maximum absolute atomic E-state index is 14.0. The van der Waals surface area contributed by atoms with Gasteiger partial charge >= 0.3 is 11.4 Å². The van der Waals surface area contributed by atoms with E-state index >= 15 is 0 Å². The van der Waals surface area contributed by atoms with Crippen LogP contribution in [-0.4, -0.2) is 39.8 Å². The van der Waals surface area contributed by atoms with Crippen molar-refractivity contribution in [1.82, 2.24) is 18.2 Å². The first-order chi connectivity index (χ1) is 18.9. The Labute approximate surface area is 225 Å². The van der Waals surface area contributed by atoms with E-state index in [1.54, 1.807) is 54.6 Å². The fourth-order valence-electron chi connectivity index (χ4n) is 5.62. The second kappa shape index (κ2) is 9.87. The predicted octanol–water partition coefficient (Wildman–Crippen LogP) is 3.48.